The fraction of sp³-hybridized carbons (Fsp3) is 1.00. The Balaban J connectivity index is 1.92. The second kappa shape index (κ2) is 4.26. The SMILES string of the molecule is COC1(C)CC[C@H]([C@H]2CCC(C)(OC)O2)O1. The maximum Gasteiger partial charge on any atom is 0.165 e. The summed E-state index contributed by atoms with van der Waals surface area (Å²) in [5.74, 6) is -0.861. The Kier molecular flexibility index (Phi) is 3.27. The third-order valence-electron chi connectivity index (χ3n) is 3.85. The molecule has 0 spiro atoms. The van der Waals surface area contributed by atoms with Gasteiger partial charge >= 0.3 is 0 Å². The first-order chi connectivity index (χ1) is 7.50. The van der Waals surface area contributed by atoms with Crippen LogP contribution in [0.1, 0.15) is 39.5 Å². The van der Waals surface area contributed by atoms with E-state index in [-0.39, 0.29) is 12.2 Å². The van der Waals surface area contributed by atoms with Crippen molar-refractivity contribution in [2.45, 2.75) is 63.3 Å². The van der Waals surface area contributed by atoms with E-state index in [1.165, 1.54) is 0 Å². The van der Waals surface area contributed by atoms with Crippen LogP contribution < -0.4 is 0 Å². The van der Waals surface area contributed by atoms with E-state index >= 15 is 0 Å². The van der Waals surface area contributed by atoms with Crippen molar-refractivity contribution in [1.82, 2.24) is 0 Å². The highest BCUT2D eigenvalue weighted by Crippen LogP contribution is 2.39. The number of hydrogen-bond acceptors (Lipinski definition) is 4. The molecule has 0 aromatic heterocycles. The van der Waals surface area contributed by atoms with Crippen LogP contribution in [0.3, 0.4) is 0 Å². The zero-order valence-corrected chi connectivity index (χ0v) is 10.6. The summed E-state index contributed by atoms with van der Waals surface area (Å²) >= 11 is 0. The van der Waals surface area contributed by atoms with Gasteiger partial charge in [-0.3, -0.25) is 0 Å². The Morgan fingerprint density at radius 2 is 1.25 bits per heavy atom. The van der Waals surface area contributed by atoms with Crippen LogP contribution in [0.4, 0.5) is 0 Å². The van der Waals surface area contributed by atoms with Crippen molar-refractivity contribution in [3.05, 3.63) is 0 Å². The van der Waals surface area contributed by atoms with Crippen molar-refractivity contribution < 1.29 is 18.9 Å². The Morgan fingerprint density at radius 3 is 1.50 bits per heavy atom. The highest BCUT2D eigenvalue weighted by atomic mass is 16.7. The molecule has 0 N–H and O–H groups in total. The lowest BCUT2D eigenvalue weighted by molar-refractivity contribution is -0.246. The lowest BCUT2D eigenvalue weighted by Gasteiger charge is -2.27. The molecular weight excluding hydrogens is 208 g/mol. The third-order valence-corrected chi connectivity index (χ3v) is 3.85. The van der Waals surface area contributed by atoms with E-state index in [0.717, 1.165) is 25.7 Å². The Bertz CT molecular complexity index is 231. The van der Waals surface area contributed by atoms with Crippen molar-refractivity contribution >= 4 is 0 Å². The molecule has 0 aromatic carbocycles. The fourth-order valence-electron chi connectivity index (χ4n) is 2.51. The van der Waals surface area contributed by atoms with Gasteiger partial charge < -0.3 is 18.9 Å². The van der Waals surface area contributed by atoms with Gasteiger partial charge in [-0.2, -0.15) is 0 Å². The molecule has 2 heterocycles. The van der Waals surface area contributed by atoms with E-state index < -0.39 is 11.6 Å². The van der Waals surface area contributed by atoms with Gasteiger partial charge in [0.2, 0.25) is 0 Å². The molecule has 0 radical (unpaired) electrons. The molecule has 2 aliphatic rings. The predicted molar refractivity (Wildman–Crippen MR) is 59.0 cm³/mol. The molecule has 0 amide bonds. The van der Waals surface area contributed by atoms with Crippen LogP contribution in [0.25, 0.3) is 0 Å². The minimum atomic E-state index is -0.430. The van der Waals surface area contributed by atoms with Gasteiger partial charge in [0.15, 0.2) is 11.6 Å². The molecule has 16 heavy (non-hydrogen) atoms. The number of ether oxygens (including phenoxy) is 4. The molecule has 94 valence electrons. The molecule has 2 aliphatic heterocycles. The summed E-state index contributed by atoms with van der Waals surface area (Å²) in [4.78, 5) is 0. The summed E-state index contributed by atoms with van der Waals surface area (Å²) in [6.07, 6.45) is 4.13. The summed E-state index contributed by atoms with van der Waals surface area (Å²) < 4.78 is 22.5. The first-order valence-corrected chi connectivity index (χ1v) is 5.96. The van der Waals surface area contributed by atoms with Gasteiger partial charge in [0.1, 0.15) is 0 Å². The molecule has 0 aliphatic carbocycles. The van der Waals surface area contributed by atoms with Crippen LogP contribution in [0.15, 0.2) is 0 Å². The largest absolute Gasteiger partial charge is 0.353 e. The smallest absolute Gasteiger partial charge is 0.165 e. The van der Waals surface area contributed by atoms with E-state index in [1.807, 2.05) is 13.8 Å². The zero-order valence-electron chi connectivity index (χ0n) is 10.6. The van der Waals surface area contributed by atoms with Crippen LogP contribution in [0.5, 0.6) is 0 Å². The van der Waals surface area contributed by atoms with Gasteiger partial charge in [-0.25, -0.2) is 0 Å². The summed E-state index contributed by atoms with van der Waals surface area (Å²) in [6, 6.07) is 0. The third kappa shape index (κ3) is 2.25. The summed E-state index contributed by atoms with van der Waals surface area (Å²) in [6.45, 7) is 3.97. The van der Waals surface area contributed by atoms with Gasteiger partial charge in [0, 0.05) is 27.1 Å². The van der Waals surface area contributed by atoms with Crippen molar-refractivity contribution in [3.63, 3.8) is 0 Å². The van der Waals surface area contributed by atoms with Crippen LogP contribution in [0, 0.1) is 0 Å². The number of methoxy groups -OCH3 is 2. The monoisotopic (exact) mass is 230 g/mol. The number of hydrogen-bond donors (Lipinski definition) is 0. The highest BCUT2D eigenvalue weighted by molar-refractivity contribution is 4.88. The fourth-order valence-corrected chi connectivity index (χ4v) is 2.51. The maximum atomic E-state index is 5.92. The van der Waals surface area contributed by atoms with Crippen LogP contribution in [-0.2, 0) is 18.9 Å². The zero-order chi connectivity index (χ0) is 11.8. The van der Waals surface area contributed by atoms with E-state index in [2.05, 4.69) is 0 Å². The second-order valence-corrected chi connectivity index (χ2v) is 5.07. The first kappa shape index (κ1) is 12.3. The highest BCUT2D eigenvalue weighted by Gasteiger charge is 2.46. The number of rotatable bonds is 3. The minimum Gasteiger partial charge on any atom is -0.353 e. The summed E-state index contributed by atoms with van der Waals surface area (Å²) in [7, 11) is 3.38. The average molecular weight is 230 g/mol. The Morgan fingerprint density at radius 1 is 0.875 bits per heavy atom. The van der Waals surface area contributed by atoms with Gasteiger partial charge in [-0.1, -0.05) is 0 Å². The second-order valence-electron chi connectivity index (χ2n) is 5.07. The van der Waals surface area contributed by atoms with E-state index in [1.54, 1.807) is 14.2 Å². The van der Waals surface area contributed by atoms with Crippen molar-refractivity contribution in [3.8, 4) is 0 Å². The first-order valence-electron chi connectivity index (χ1n) is 5.96. The quantitative estimate of drug-likeness (QED) is 0.743. The van der Waals surface area contributed by atoms with Gasteiger partial charge in [-0.15, -0.1) is 0 Å². The molecule has 2 unspecified atom stereocenters. The molecular formula is C12H22O4. The summed E-state index contributed by atoms with van der Waals surface area (Å²) in [5, 5.41) is 0. The molecule has 2 saturated heterocycles. The average Bonchev–Trinajstić information content (AvgIpc) is 2.84. The molecule has 4 nitrogen and oxygen atoms in total. The molecule has 2 rings (SSSR count). The molecule has 4 atom stereocenters. The standard InChI is InChI=1S/C12H22O4/c1-11(13-3)7-5-9(15-11)10-6-8-12(2,14-4)16-10/h9-10H,5-8H2,1-4H3/t9-,10-,11?,12?/m1/s1. The van der Waals surface area contributed by atoms with Gasteiger partial charge in [-0.05, 0) is 26.7 Å². The van der Waals surface area contributed by atoms with Gasteiger partial charge in [0.05, 0.1) is 12.2 Å². The minimum absolute atomic E-state index is 0.141. The lowest BCUT2D eigenvalue weighted by Crippen LogP contribution is -2.35. The maximum absolute atomic E-state index is 5.92. The topological polar surface area (TPSA) is 36.9 Å². The molecule has 0 saturated carbocycles. The van der Waals surface area contributed by atoms with Crippen molar-refractivity contribution in [2.75, 3.05) is 14.2 Å². The normalized spacial score (nSPS) is 48.8. The van der Waals surface area contributed by atoms with Crippen molar-refractivity contribution in [2.24, 2.45) is 0 Å². The van der Waals surface area contributed by atoms with Crippen LogP contribution >= 0.6 is 0 Å². The Labute approximate surface area is 97.2 Å². The van der Waals surface area contributed by atoms with Gasteiger partial charge in [0.25, 0.3) is 0 Å². The summed E-state index contributed by atoms with van der Waals surface area (Å²) in [5.41, 5.74) is 0. The molecule has 2 fully saturated rings. The van der Waals surface area contributed by atoms with Crippen LogP contribution in [0.2, 0.25) is 0 Å². The molecule has 0 bridgehead atoms. The van der Waals surface area contributed by atoms with Crippen LogP contribution in [-0.4, -0.2) is 38.0 Å². The molecule has 0 aromatic rings. The van der Waals surface area contributed by atoms with E-state index in [0.29, 0.717) is 0 Å². The predicted octanol–water partition coefficient (Wildman–Crippen LogP) is 2.07. The van der Waals surface area contributed by atoms with Crippen molar-refractivity contribution in [1.29, 1.82) is 0 Å². The van der Waals surface area contributed by atoms with E-state index in [9.17, 15) is 0 Å². The Hall–Kier alpha value is -0.160. The van der Waals surface area contributed by atoms with E-state index in [4.69, 9.17) is 18.9 Å². The molecule has 4 heteroatoms. The lowest BCUT2D eigenvalue weighted by atomic mass is 10.1.